The van der Waals surface area contributed by atoms with E-state index in [0.717, 1.165) is 18.4 Å². The van der Waals surface area contributed by atoms with Crippen molar-refractivity contribution in [2.24, 2.45) is 5.92 Å². The first kappa shape index (κ1) is 24.3. The van der Waals surface area contributed by atoms with Crippen molar-refractivity contribution in [3.63, 3.8) is 0 Å². The van der Waals surface area contributed by atoms with Gasteiger partial charge in [0.25, 0.3) is 5.91 Å². The molecular formula is C25H34N2O4. The lowest BCUT2D eigenvalue weighted by atomic mass is 10.1. The van der Waals surface area contributed by atoms with Crippen LogP contribution >= 0.6 is 0 Å². The molecule has 0 fully saturated rings. The predicted octanol–water partition coefficient (Wildman–Crippen LogP) is 5.81. The van der Waals surface area contributed by atoms with E-state index >= 15 is 0 Å². The molecule has 0 aliphatic rings. The summed E-state index contributed by atoms with van der Waals surface area (Å²) in [4.78, 5) is 24.8. The van der Waals surface area contributed by atoms with Crippen LogP contribution in [0.5, 0.6) is 11.5 Å². The summed E-state index contributed by atoms with van der Waals surface area (Å²) in [7, 11) is 1.56. The van der Waals surface area contributed by atoms with Crippen molar-refractivity contribution >= 4 is 23.2 Å². The van der Waals surface area contributed by atoms with Gasteiger partial charge in [0.2, 0.25) is 5.91 Å². The minimum absolute atomic E-state index is 0.0730. The Morgan fingerprint density at radius 2 is 1.74 bits per heavy atom. The van der Waals surface area contributed by atoms with Gasteiger partial charge < -0.3 is 20.1 Å². The molecule has 2 N–H and O–H groups in total. The summed E-state index contributed by atoms with van der Waals surface area (Å²) in [5.74, 6) is 0.696. The van der Waals surface area contributed by atoms with Crippen molar-refractivity contribution < 1.29 is 19.1 Å². The van der Waals surface area contributed by atoms with Gasteiger partial charge in [-0.05, 0) is 49.2 Å². The summed E-state index contributed by atoms with van der Waals surface area (Å²) >= 11 is 0. The zero-order valence-electron chi connectivity index (χ0n) is 19.2. The van der Waals surface area contributed by atoms with E-state index in [1.165, 1.54) is 12.8 Å². The lowest BCUT2D eigenvalue weighted by Gasteiger charge is -2.14. The van der Waals surface area contributed by atoms with E-state index < -0.39 is 0 Å². The first-order valence-corrected chi connectivity index (χ1v) is 10.9. The first-order valence-electron chi connectivity index (χ1n) is 10.9. The van der Waals surface area contributed by atoms with Crippen LogP contribution in [0, 0.1) is 12.8 Å². The number of anilines is 2. The SMILES string of the molecule is CCCCCCOc1ccc(C(=O)Nc2cc(NC(=O)C(C)C)ccc2C)cc1OC. The van der Waals surface area contributed by atoms with Gasteiger partial charge in [-0.15, -0.1) is 0 Å². The summed E-state index contributed by atoms with van der Waals surface area (Å²) in [6, 6.07) is 10.6. The number of hydrogen-bond acceptors (Lipinski definition) is 4. The van der Waals surface area contributed by atoms with Crippen molar-refractivity contribution in [2.45, 2.75) is 53.4 Å². The molecule has 0 radical (unpaired) electrons. The number of nitrogens with one attached hydrogen (secondary N) is 2. The fourth-order valence-corrected chi connectivity index (χ4v) is 2.95. The molecule has 6 nitrogen and oxygen atoms in total. The molecule has 2 amide bonds. The lowest BCUT2D eigenvalue weighted by molar-refractivity contribution is -0.118. The summed E-state index contributed by atoms with van der Waals surface area (Å²) in [5.41, 5.74) is 2.65. The summed E-state index contributed by atoms with van der Waals surface area (Å²) in [5, 5.41) is 5.77. The van der Waals surface area contributed by atoms with Crippen LogP contribution in [0.15, 0.2) is 36.4 Å². The fourth-order valence-electron chi connectivity index (χ4n) is 2.95. The van der Waals surface area contributed by atoms with E-state index in [0.29, 0.717) is 35.0 Å². The van der Waals surface area contributed by atoms with Gasteiger partial charge in [0.15, 0.2) is 11.5 Å². The minimum Gasteiger partial charge on any atom is -0.493 e. The van der Waals surface area contributed by atoms with Crippen LogP contribution < -0.4 is 20.1 Å². The van der Waals surface area contributed by atoms with Crippen LogP contribution in [0.2, 0.25) is 0 Å². The quantitative estimate of drug-likeness (QED) is 0.445. The third kappa shape index (κ3) is 7.31. The Morgan fingerprint density at radius 1 is 0.968 bits per heavy atom. The molecule has 0 atom stereocenters. The van der Waals surface area contributed by atoms with E-state index in [9.17, 15) is 9.59 Å². The zero-order valence-corrected chi connectivity index (χ0v) is 19.2. The second-order valence-electron chi connectivity index (χ2n) is 7.90. The lowest BCUT2D eigenvalue weighted by Crippen LogP contribution is -2.18. The monoisotopic (exact) mass is 426 g/mol. The molecule has 0 unspecified atom stereocenters. The highest BCUT2D eigenvalue weighted by atomic mass is 16.5. The highest BCUT2D eigenvalue weighted by Crippen LogP contribution is 2.29. The molecule has 2 rings (SSSR count). The summed E-state index contributed by atoms with van der Waals surface area (Å²) in [6.07, 6.45) is 4.50. The van der Waals surface area contributed by atoms with E-state index in [4.69, 9.17) is 9.47 Å². The average molecular weight is 427 g/mol. The minimum atomic E-state index is -0.261. The van der Waals surface area contributed by atoms with Gasteiger partial charge in [-0.1, -0.05) is 46.1 Å². The van der Waals surface area contributed by atoms with Crippen molar-refractivity contribution in [3.05, 3.63) is 47.5 Å². The Hall–Kier alpha value is -3.02. The molecule has 0 saturated heterocycles. The highest BCUT2D eigenvalue weighted by molar-refractivity contribution is 6.05. The van der Waals surface area contributed by atoms with Gasteiger partial charge in [0.1, 0.15) is 0 Å². The number of carbonyl (C=O) groups is 2. The van der Waals surface area contributed by atoms with Crippen molar-refractivity contribution in [3.8, 4) is 11.5 Å². The number of unbranched alkanes of at least 4 members (excludes halogenated alkanes) is 3. The van der Waals surface area contributed by atoms with Gasteiger partial charge in [0.05, 0.1) is 13.7 Å². The van der Waals surface area contributed by atoms with Crippen LogP contribution in [-0.4, -0.2) is 25.5 Å². The van der Waals surface area contributed by atoms with Gasteiger partial charge in [0, 0.05) is 22.9 Å². The number of rotatable bonds is 11. The van der Waals surface area contributed by atoms with Gasteiger partial charge in [-0.3, -0.25) is 9.59 Å². The van der Waals surface area contributed by atoms with E-state index in [1.54, 1.807) is 31.4 Å². The Balaban J connectivity index is 2.08. The van der Waals surface area contributed by atoms with E-state index in [-0.39, 0.29) is 17.7 Å². The van der Waals surface area contributed by atoms with Crippen LogP contribution in [0.25, 0.3) is 0 Å². The number of amides is 2. The molecule has 2 aromatic rings. The number of ether oxygens (including phenoxy) is 2. The maximum atomic E-state index is 12.8. The molecule has 0 aliphatic heterocycles. The molecule has 0 spiro atoms. The number of aryl methyl sites for hydroxylation is 1. The van der Waals surface area contributed by atoms with Crippen molar-refractivity contribution in [1.29, 1.82) is 0 Å². The third-order valence-electron chi connectivity index (χ3n) is 4.96. The number of carbonyl (C=O) groups excluding carboxylic acids is 2. The molecular weight excluding hydrogens is 392 g/mol. The van der Waals surface area contributed by atoms with Crippen LogP contribution in [-0.2, 0) is 4.79 Å². The normalized spacial score (nSPS) is 10.6. The number of methoxy groups -OCH3 is 1. The van der Waals surface area contributed by atoms with Crippen LogP contribution in [0.3, 0.4) is 0 Å². The largest absolute Gasteiger partial charge is 0.493 e. The fraction of sp³-hybridized carbons (Fsp3) is 0.440. The number of benzene rings is 2. The standard InChI is InChI=1S/C25H34N2O4/c1-6-7-8-9-14-31-22-13-11-19(15-23(22)30-5)25(29)27-21-16-20(12-10-18(21)4)26-24(28)17(2)3/h10-13,15-17H,6-9,14H2,1-5H3,(H,26,28)(H,27,29). The summed E-state index contributed by atoms with van der Waals surface area (Å²) < 4.78 is 11.2. The topological polar surface area (TPSA) is 76.7 Å². The molecule has 2 aromatic carbocycles. The van der Waals surface area contributed by atoms with Crippen molar-refractivity contribution in [2.75, 3.05) is 24.4 Å². The molecule has 0 saturated carbocycles. The number of hydrogen-bond donors (Lipinski definition) is 2. The molecule has 0 aliphatic carbocycles. The molecule has 0 bridgehead atoms. The predicted molar refractivity (Wildman–Crippen MR) is 125 cm³/mol. The van der Waals surface area contributed by atoms with Crippen molar-refractivity contribution in [1.82, 2.24) is 0 Å². The Kier molecular flexibility index (Phi) is 9.38. The second-order valence-corrected chi connectivity index (χ2v) is 7.90. The highest BCUT2D eigenvalue weighted by Gasteiger charge is 2.14. The third-order valence-corrected chi connectivity index (χ3v) is 4.96. The van der Waals surface area contributed by atoms with E-state index in [2.05, 4.69) is 17.6 Å². The first-order chi connectivity index (χ1) is 14.8. The van der Waals surface area contributed by atoms with Gasteiger partial charge in [-0.2, -0.15) is 0 Å². The molecule has 31 heavy (non-hydrogen) atoms. The molecule has 0 heterocycles. The second kappa shape index (κ2) is 12.0. The Morgan fingerprint density at radius 3 is 2.42 bits per heavy atom. The smallest absolute Gasteiger partial charge is 0.255 e. The Bertz CT molecular complexity index is 893. The maximum Gasteiger partial charge on any atom is 0.255 e. The average Bonchev–Trinajstić information content (AvgIpc) is 2.75. The molecule has 6 heteroatoms. The maximum absolute atomic E-state index is 12.8. The zero-order chi connectivity index (χ0) is 22.8. The van der Waals surface area contributed by atoms with Crippen LogP contribution in [0.4, 0.5) is 11.4 Å². The van der Waals surface area contributed by atoms with Gasteiger partial charge in [-0.25, -0.2) is 0 Å². The molecule has 0 aromatic heterocycles. The van der Waals surface area contributed by atoms with Gasteiger partial charge >= 0.3 is 0 Å². The van der Waals surface area contributed by atoms with Crippen LogP contribution in [0.1, 0.15) is 62.4 Å². The van der Waals surface area contributed by atoms with E-state index in [1.807, 2.05) is 32.9 Å². The summed E-state index contributed by atoms with van der Waals surface area (Å²) in [6.45, 7) is 8.36. The Labute approximate surface area is 185 Å². The molecule has 168 valence electrons.